The van der Waals surface area contributed by atoms with Gasteiger partial charge in [0.15, 0.2) is 0 Å². The van der Waals surface area contributed by atoms with E-state index >= 15 is 0 Å². The maximum absolute atomic E-state index is 13.1. The lowest BCUT2D eigenvalue weighted by Crippen LogP contribution is -2.34. The molecule has 0 bridgehead atoms. The number of phenolic OH excluding ortho intramolecular Hbond substituents is 1. The fourth-order valence-electron chi connectivity index (χ4n) is 2.33. The first kappa shape index (κ1) is 16.0. The molecule has 0 saturated carbocycles. The minimum absolute atomic E-state index is 0.00748. The zero-order valence-corrected chi connectivity index (χ0v) is 12.6. The highest BCUT2D eigenvalue weighted by atomic mass is 19.1. The summed E-state index contributed by atoms with van der Waals surface area (Å²) < 4.78 is 13.1. The Morgan fingerprint density at radius 2 is 1.91 bits per heavy atom. The number of rotatable bonds is 6. The lowest BCUT2D eigenvalue weighted by atomic mass is 10.1. The van der Waals surface area contributed by atoms with Crippen molar-refractivity contribution in [2.24, 2.45) is 0 Å². The lowest BCUT2D eigenvalue weighted by Gasteiger charge is -2.14. The third kappa shape index (κ3) is 5.20. The maximum Gasteiger partial charge on any atom is 0.224 e. The number of amides is 1. The molecule has 0 saturated heterocycles. The topological polar surface area (TPSA) is 49.3 Å². The highest BCUT2D eigenvalue weighted by Crippen LogP contribution is 2.12. The zero-order valence-electron chi connectivity index (χ0n) is 12.6. The molecule has 0 aliphatic heterocycles. The third-order valence-electron chi connectivity index (χ3n) is 3.44. The Morgan fingerprint density at radius 1 is 1.18 bits per heavy atom. The Morgan fingerprint density at radius 3 is 2.64 bits per heavy atom. The van der Waals surface area contributed by atoms with E-state index in [-0.39, 0.29) is 29.9 Å². The summed E-state index contributed by atoms with van der Waals surface area (Å²) >= 11 is 0. The minimum atomic E-state index is -0.238. The Hall–Kier alpha value is -2.36. The van der Waals surface area contributed by atoms with E-state index < -0.39 is 0 Å². The normalized spacial score (nSPS) is 11.9. The number of aryl methyl sites for hydroxylation is 1. The van der Waals surface area contributed by atoms with Crippen LogP contribution >= 0.6 is 0 Å². The van der Waals surface area contributed by atoms with Gasteiger partial charge in [-0.3, -0.25) is 4.79 Å². The molecule has 1 atom stereocenters. The van der Waals surface area contributed by atoms with Crippen LogP contribution in [0.25, 0.3) is 0 Å². The van der Waals surface area contributed by atoms with Crippen molar-refractivity contribution in [3.05, 3.63) is 65.5 Å². The van der Waals surface area contributed by atoms with Crippen molar-refractivity contribution in [2.75, 3.05) is 0 Å². The Bertz CT molecular complexity index is 642. The Kier molecular flexibility index (Phi) is 5.53. The van der Waals surface area contributed by atoms with Crippen molar-refractivity contribution >= 4 is 5.91 Å². The number of aromatic hydroxyl groups is 1. The number of halogens is 1. The van der Waals surface area contributed by atoms with Gasteiger partial charge in [-0.15, -0.1) is 0 Å². The Balaban J connectivity index is 1.79. The molecule has 2 aromatic rings. The molecule has 0 heterocycles. The molecule has 0 fully saturated rings. The highest BCUT2D eigenvalue weighted by Gasteiger charge is 2.09. The number of hydrogen-bond acceptors (Lipinski definition) is 2. The molecule has 0 spiro atoms. The van der Waals surface area contributed by atoms with Gasteiger partial charge in [0, 0.05) is 6.04 Å². The first-order chi connectivity index (χ1) is 10.5. The van der Waals surface area contributed by atoms with Crippen molar-refractivity contribution in [3.8, 4) is 5.75 Å². The number of benzene rings is 2. The SMILES string of the molecule is C[C@H](CCc1cccc(F)c1)NC(=O)Cc1cccc(O)c1. The fraction of sp³-hybridized carbons (Fsp3) is 0.278. The summed E-state index contributed by atoms with van der Waals surface area (Å²) in [7, 11) is 0. The summed E-state index contributed by atoms with van der Waals surface area (Å²) in [5.41, 5.74) is 1.70. The molecule has 4 heteroatoms. The van der Waals surface area contributed by atoms with Gasteiger partial charge in [-0.2, -0.15) is 0 Å². The molecule has 3 nitrogen and oxygen atoms in total. The summed E-state index contributed by atoms with van der Waals surface area (Å²) in [6.07, 6.45) is 1.69. The molecule has 2 N–H and O–H groups in total. The second kappa shape index (κ2) is 7.59. The smallest absolute Gasteiger partial charge is 0.224 e. The van der Waals surface area contributed by atoms with Crippen molar-refractivity contribution < 1.29 is 14.3 Å². The van der Waals surface area contributed by atoms with Gasteiger partial charge >= 0.3 is 0 Å². The molecule has 1 amide bonds. The van der Waals surface area contributed by atoms with Gasteiger partial charge in [0.25, 0.3) is 0 Å². The number of nitrogens with one attached hydrogen (secondary N) is 1. The average molecular weight is 301 g/mol. The summed E-state index contributed by atoms with van der Waals surface area (Å²) in [6, 6.07) is 13.2. The van der Waals surface area contributed by atoms with E-state index in [1.165, 1.54) is 12.1 Å². The lowest BCUT2D eigenvalue weighted by molar-refractivity contribution is -0.121. The van der Waals surface area contributed by atoms with Crippen LogP contribution in [0.2, 0.25) is 0 Å². The van der Waals surface area contributed by atoms with Crippen LogP contribution in [0.4, 0.5) is 4.39 Å². The molecule has 2 rings (SSSR count). The van der Waals surface area contributed by atoms with Crippen LogP contribution in [0.15, 0.2) is 48.5 Å². The summed E-state index contributed by atoms with van der Waals surface area (Å²) in [5.74, 6) is -0.167. The number of hydrogen-bond donors (Lipinski definition) is 2. The largest absolute Gasteiger partial charge is 0.508 e. The second-order valence-electron chi connectivity index (χ2n) is 5.48. The van der Waals surface area contributed by atoms with Crippen LogP contribution in [0.3, 0.4) is 0 Å². The fourth-order valence-corrected chi connectivity index (χ4v) is 2.33. The van der Waals surface area contributed by atoms with Gasteiger partial charge in [-0.25, -0.2) is 4.39 Å². The van der Waals surface area contributed by atoms with Crippen molar-refractivity contribution in [1.82, 2.24) is 5.32 Å². The van der Waals surface area contributed by atoms with Gasteiger partial charge < -0.3 is 10.4 Å². The first-order valence-corrected chi connectivity index (χ1v) is 7.34. The van der Waals surface area contributed by atoms with Crippen LogP contribution in [0, 0.1) is 5.82 Å². The molecule has 0 unspecified atom stereocenters. The van der Waals surface area contributed by atoms with Gasteiger partial charge in [0.2, 0.25) is 5.91 Å². The van der Waals surface area contributed by atoms with Crippen LogP contribution < -0.4 is 5.32 Å². The molecular weight excluding hydrogens is 281 g/mol. The van der Waals surface area contributed by atoms with E-state index in [9.17, 15) is 14.3 Å². The van der Waals surface area contributed by atoms with E-state index in [2.05, 4.69) is 5.32 Å². The van der Waals surface area contributed by atoms with Crippen LogP contribution in [-0.4, -0.2) is 17.1 Å². The Labute approximate surface area is 129 Å². The summed E-state index contributed by atoms with van der Waals surface area (Å²) in [4.78, 5) is 11.9. The second-order valence-corrected chi connectivity index (χ2v) is 5.48. The molecule has 0 aromatic heterocycles. The molecule has 22 heavy (non-hydrogen) atoms. The van der Waals surface area contributed by atoms with Gasteiger partial charge in [-0.1, -0.05) is 24.3 Å². The minimum Gasteiger partial charge on any atom is -0.508 e. The van der Waals surface area contributed by atoms with E-state index in [0.29, 0.717) is 6.42 Å². The summed E-state index contributed by atoms with van der Waals surface area (Å²) in [5, 5.41) is 12.3. The van der Waals surface area contributed by atoms with Crippen molar-refractivity contribution in [3.63, 3.8) is 0 Å². The zero-order chi connectivity index (χ0) is 15.9. The predicted octanol–water partition coefficient (Wildman–Crippen LogP) is 3.21. The summed E-state index contributed by atoms with van der Waals surface area (Å²) in [6.45, 7) is 1.93. The van der Waals surface area contributed by atoms with Gasteiger partial charge in [0.05, 0.1) is 6.42 Å². The maximum atomic E-state index is 13.1. The quantitative estimate of drug-likeness (QED) is 0.860. The number of carbonyl (C=O) groups excluding carboxylic acids is 1. The van der Waals surface area contributed by atoms with Gasteiger partial charge in [-0.05, 0) is 55.2 Å². The van der Waals surface area contributed by atoms with Crippen LogP contribution in [-0.2, 0) is 17.6 Å². The van der Waals surface area contributed by atoms with E-state index in [4.69, 9.17) is 0 Å². The number of phenols is 1. The van der Waals surface area contributed by atoms with E-state index in [1.54, 1.807) is 30.3 Å². The highest BCUT2D eigenvalue weighted by molar-refractivity contribution is 5.78. The van der Waals surface area contributed by atoms with E-state index in [0.717, 1.165) is 17.5 Å². The molecule has 0 radical (unpaired) electrons. The molecule has 116 valence electrons. The first-order valence-electron chi connectivity index (χ1n) is 7.34. The molecule has 0 aliphatic carbocycles. The third-order valence-corrected chi connectivity index (χ3v) is 3.44. The standard InChI is InChI=1S/C18H20FNO2/c1-13(8-9-14-4-2-6-16(19)10-14)20-18(22)12-15-5-3-7-17(21)11-15/h2-7,10-11,13,21H,8-9,12H2,1H3,(H,20,22)/t13-/m1/s1. The molecule has 2 aromatic carbocycles. The van der Waals surface area contributed by atoms with Crippen LogP contribution in [0.1, 0.15) is 24.5 Å². The average Bonchev–Trinajstić information content (AvgIpc) is 2.45. The molecular formula is C18H20FNO2. The monoisotopic (exact) mass is 301 g/mol. The van der Waals surface area contributed by atoms with E-state index in [1.807, 2.05) is 13.0 Å². The van der Waals surface area contributed by atoms with Crippen molar-refractivity contribution in [1.29, 1.82) is 0 Å². The van der Waals surface area contributed by atoms with Crippen LogP contribution in [0.5, 0.6) is 5.75 Å². The van der Waals surface area contributed by atoms with Crippen molar-refractivity contribution in [2.45, 2.75) is 32.2 Å². The van der Waals surface area contributed by atoms with Gasteiger partial charge in [0.1, 0.15) is 11.6 Å². The molecule has 0 aliphatic rings. The predicted molar refractivity (Wildman–Crippen MR) is 84.1 cm³/mol. The number of carbonyl (C=O) groups is 1.